The van der Waals surface area contributed by atoms with Gasteiger partial charge in [-0.2, -0.15) is 0 Å². The van der Waals surface area contributed by atoms with Crippen molar-refractivity contribution in [2.75, 3.05) is 44.7 Å². The van der Waals surface area contributed by atoms with Gasteiger partial charge in [-0.1, -0.05) is 38.1 Å². The van der Waals surface area contributed by atoms with Crippen molar-refractivity contribution in [1.82, 2.24) is 15.2 Å². The molecular weight excluding hydrogens is 421 g/mol. The zero-order valence-electron chi connectivity index (χ0n) is 17.9. The molecule has 2 aromatic rings. The van der Waals surface area contributed by atoms with Crippen molar-refractivity contribution in [2.45, 2.75) is 25.8 Å². The third-order valence-electron chi connectivity index (χ3n) is 5.35. The Balaban J connectivity index is 0.00000225. The Bertz CT molecular complexity index is 792. The fourth-order valence-corrected chi connectivity index (χ4v) is 3.32. The summed E-state index contributed by atoms with van der Waals surface area (Å²) in [6.45, 7) is 8.58. The number of hydrogen-bond donors (Lipinski definition) is 2. The van der Waals surface area contributed by atoms with Crippen LogP contribution >= 0.6 is 24.8 Å². The number of anilines is 1. The summed E-state index contributed by atoms with van der Waals surface area (Å²) in [7, 11) is 2.12. The van der Waals surface area contributed by atoms with Gasteiger partial charge >= 0.3 is 0 Å². The van der Waals surface area contributed by atoms with E-state index in [1.54, 1.807) is 12.3 Å². The molecule has 8 heteroatoms. The molecule has 1 aliphatic rings. The zero-order chi connectivity index (χ0) is 20.1. The van der Waals surface area contributed by atoms with Gasteiger partial charge in [0.15, 0.2) is 0 Å². The monoisotopic (exact) mass is 453 g/mol. The summed E-state index contributed by atoms with van der Waals surface area (Å²) in [4.78, 5) is 21.5. The maximum Gasteiger partial charge on any atom is 0.251 e. The molecule has 2 heterocycles. The van der Waals surface area contributed by atoms with Gasteiger partial charge in [0.25, 0.3) is 5.91 Å². The number of nitrogens with one attached hydrogen (secondary N) is 1. The number of benzene rings is 1. The smallest absolute Gasteiger partial charge is 0.251 e. The van der Waals surface area contributed by atoms with Crippen LogP contribution in [0.3, 0.4) is 0 Å². The number of rotatable bonds is 6. The number of aromatic nitrogens is 1. The number of likely N-dealkylation sites (N-methyl/N-ethyl adjacent to an activating group) is 1. The predicted octanol–water partition coefficient (Wildman–Crippen LogP) is 3.23. The van der Waals surface area contributed by atoms with Gasteiger partial charge in [0.2, 0.25) is 0 Å². The number of pyridine rings is 1. The number of carbonyl (C=O) groups is 1. The Labute approximate surface area is 192 Å². The number of hydrogen-bond acceptors (Lipinski definition) is 5. The molecule has 3 N–H and O–H groups in total. The molecule has 1 unspecified atom stereocenters. The first kappa shape index (κ1) is 26.2. The first-order valence-electron chi connectivity index (χ1n) is 9.97. The van der Waals surface area contributed by atoms with Gasteiger partial charge in [0.1, 0.15) is 5.82 Å². The summed E-state index contributed by atoms with van der Waals surface area (Å²) < 4.78 is 0. The Morgan fingerprint density at radius 3 is 2.27 bits per heavy atom. The highest BCUT2D eigenvalue weighted by molar-refractivity contribution is 5.94. The summed E-state index contributed by atoms with van der Waals surface area (Å²) in [5, 5.41) is 2.95. The minimum Gasteiger partial charge on any atom is -0.354 e. The maximum atomic E-state index is 12.6. The molecule has 1 aliphatic heterocycles. The van der Waals surface area contributed by atoms with Crippen molar-refractivity contribution >= 4 is 36.5 Å². The number of nitrogens with zero attached hydrogens (tertiary/aromatic N) is 3. The van der Waals surface area contributed by atoms with Crippen LogP contribution in [0.25, 0.3) is 0 Å². The van der Waals surface area contributed by atoms with E-state index in [0.29, 0.717) is 18.0 Å². The molecular formula is C22H33Cl2N5O. The third kappa shape index (κ3) is 6.84. The lowest BCUT2D eigenvalue weighted by Gasteiger charge is -2.33. The SMILES string of the molecule is CC(C)c1ccc(C(N)CNC(=O)c2ccnc(N3CCN(C)CC3)c2)cc1.Cl.Cl. The quantitative estimate of drug-likeness (QED) is 0.701. The summed E-state index contributed by atoms with van der Waals surface area (Å²) in [6.07, 6.45) is 1.70. The molecule has 1 fully saturated rings. The number of nitrogens with two attached hydrogens (primary N) is 1. The van der Waals surface area contributed by atoms with E-state index in [0.717, 1.165) is 37.6 Å². The third-order valence-corrected chi connectivity index (χ3v) is 5.35. The van der Waals surface area contributed by atoms with Gasteiger partial charge < -0.3 is 20.9 Å². The Morgan fingerprint density at radius 2 is 1.67 bits per heavy atom. The predicted molar refractivity (Wildman–Crippen MR) is 128 cm³/mol. The van der Waals surface area contributed by atoms with Crippen molar-refractivity contribution in [3.05, 3.63) is 59.3 Å². The van der Waals surface area contributed by atoms with Gasteiger partial charge in [-0.05, 0) is 36.2 Å². The largest absolute Gasteiger partial charge is 0.354 e. The second kappa shape index (κ2) is 12.1. The van der Waals surface area contributed by atoms with Crippen molar-refractivity contribution in [1.29, 1.82) is 0 Å². The van der Waals surface area contributed by atoms with Gasteiger partial charge in [0.05, 0.1) is 0 Å². The average Bonchev–Trinajstić information content (AvgIpc) is 2.72. The lowest BCUT2D eigenvalue weighted by Crippen LogP contribution is -2.44. The van der Waals surface area contributed by atoms with Crippen molar-refractivity contribution in [3.8, 4) is 0 Å². The van der Waals surface area contributed by atoms with Crippen LogP contribution < -0.4 is 16.0 Å². The van der Waals surface area contributed by atoms with Crippen LogP contribution in [0.5, 0.6) is 0 Å². The van der Waals surface area contributed by atoms with Crippen LogP contribution in [0.4, 0.5) is 5.82 Å². The highest BCUT2D eigenvalue weighted by atomic mass is 35.5. The summed E-state index contributed by atoms with van der Waals surface area (Å²) in [6, 6.07) is 11.7. The number of piperazine rings is 1. The Hall–Kier alpha value is -1.86. The Kier molecular flexibility index (Phi) is 10.6. The van der Waals surface area contributed by atoms with Crippen molar-refractivity contribution in [2.24, 2.45) is 5.73 Å². The van der Waals surface area contributed by atoms with Gasteiger partial charge in [-0.15, -0.1) is 24.8 Å². The van der Waals surface area contributed by atoms with Crippen LogP contribution in [0, 0.1) is 0 Å². The van der Waals surface area contributed by atoms with E-state index in [4.69, 9.17) is 5.73 Å². The molecule has 0 aliphatic carbocycles. The molecule has 0 saturated carbocycles. The zero-order valence-corrected chi connectivity index (χ0v) is 19.5. The second-order valence-corrected chi connectivity index (χ2v) is 7.83. The number of halogens is 2. The highest BCUT2D eigenvalue weighted by Gasteiger charge is 2.17. The van der Waals surface area contributed by atoms with Gasteiger partial charge in [-0.3, -0.25) is 4.79 Å². The highest BCUT2D eigenvalue weighted by Crippen LogP contribution is 2.18. The summed E-state index contributed by atoms with van der Waals surface area (Å²) in [5.41, 5.74) is 9.20. The lowest BCUT2D eigenvalue weighted by molar-refractivity contribution is 0.0951. The molecule has 1 amide bonds. The minimum absolute atomic E-state index is 0. The topological polar surface area (TPSA) is 74.5 Å². The Morgan fingerprint density at radius 1 is 1.07 bits per heavy atom. The van der Waals surface area contributed by atoms with E-state index in [2.05, 4.69) is 53.1 Å². The van der Waals surface area contributed by atoms with Crippen LogP contribution in [0.1, 0.15) is 47.3 Å². The van der Waals surface area contributed by atoms with Gasteiger partial charge in [-0.25, -0.2) is 4.98 Å². The molecule has 166 valence electrons. The molecule has 6 nitrogen and oxygen atoms in total. The molecule has 1 aromatic carbocycles. The first-order chi connectivity index (χ1) is 13.4. The summed E-state index contributed by atoms with van der Waals surface area (Å²) >= 11 is 0. The molecule has 1 atom stereocenters. The van der Waals surface area contributed by atoms with E-state index in [9.17, 15) is 4.79 Å². The van der Waals surface area contributed by atoms with E-state index in [1.807, 2.05) is 18.2 Å². The molecule has 0 spiro atoms. The van der Waals surface area contributed by atoms with Crippen molar-refractivity contribution in [3.63, 3.8) is 0 Å². The fourth-order valence-electron chi connectivity index (χ4n) is 3.32. The maximum absolute atomic E-state index is 12.6. The fraction of sp³-hybridized carbons (Fsp3) is 0.455. The van der Waals surface area contributed by atoms with E-state index in [-0.39, 0.29) is 36.8 Å². The van der Waals surface area contributed by atoms with Gasteiger partial charge in [0, 0.05) is 50.5 Å². The molecule has 1 aromatic heterocycles. The minimum atomic E-state index is -0.232. The van der Waals surface area contributed by atoms with Crippen LogP contribution in [-0.4, -0.2) is 55.6 Å². The first-order valence-corrected chi connectivity index (χ1v) is 9.97. The standard InChI is InChI=1S/C22H31N5O.2ClH/c1-16(2)17-4-6-18(7-5-17)20(23)15-25-22(28)19-8-9-24-21(14-19)27-12-10-26(3)11-13-27;;/h4-9,14,16,20H,10-13,15,23H2,1-3H3,(H,25,28);2*1H. The number of amides is 1. The molecule has 1 saturated heterocycles. The van der Waals surface area contributed by atoms with E-state index >= 15 is 0 Å². The summed E-state index contributed by atoms with van der Waals surface area (Å²) in [5.74, 6) is 1.23. The normalized spacial score (nSPS) is 15.2. The molecule has 3 rings (SSSR count). The van der Waals surface area contributed by atoms with Crippen molar-refractivity contribution < 1.29 is 4.79 Å². The molecule has 30 heavy (non-hydrogen) atoms. The van der Waals surface area contributed by atoms with E-state index < -0.39 is 0 Å². The molecule has 0 bridgehead atoms. The molecule has 0 radical (unpaired) electrons. The second-order valence-electron chi connectivity index (χ2n) is 7.83. The lowest BCUT2D eigenvalue weighted by atomic mass is 9.99. The number of carbonyl (C=O) groups excluding carboxylic acids is 1. The van der Waals surface area contributed by atoms with Crippen LogP contribution in [0.2, 0.25) is 0 Å². The van der Waals surface area contributed by atoms with Crippen LogP contribution in [0.15, 0.2) is 42.6 Å². The van der Waals surface area contributed by atoms with Crippen LogP contribution in [-0.2, 0) is 0 Å². The van der Waals surface area contributed by atoms with E-state index in [1.165, 1.54) is 5.56 Å². The average molecular weight is 454 g/mol.